The van der Waals surface area contributed by atoms with Crippen LogP contribution in [0.2, 0.25) is 0 Å². The minimum Gasteiger partial charge on any atom is -0.489 e. The molecule has 0 aliphatic heterocycles. The van der Waals surface area contributed by atoms with Crippen LogP contribution in [0.15, 0.2) is 124 Å². The Hall–Kier alpha value is -4.97. The molecule has 0 amide bonds. The van der Waals surface area contributed by atoms with Crippen molar-refractivity contribution in [2.45, 2.75) is 6.61 Å². The Kier molecular flexibility index (Phi) is 5.60. The highest BCUT2D eigenvalue weighted by Gasteiger charge is 2.16. The topological polar surface area (TPSA) is 69.6 Å². The number of rotatable bonds is 6. The lowest BCUT2D eigenvalue weighted by molar-refractivity contribution is 0.306. The quantitative estimate of drug-likeness (QED) is 0.269. The Labute approximate surface area is 206 Å². The third kappa shape index (κ3) is 4.28. The molecule has 6 aromatic rings. The maximum Gasteiger partial charge on any atom is 0.282 e. The van der Waals surface area contributed by atoms with Gasteiger partial charge in [0.1, 0.15) is 17.9 Å². The number of ether oxygens (including phenoxy) is 1. The lowest BCUT2D eigenvalue weighted by Gasteiger charge is -2.08. The van der Waals surface area contributed by atoms with Gasteiger partial charge in [-0.15, -0.1) is 0 Å². The van der Waals surface area contributed by atoms with E-state index in [0.29, 0.717) is 40.4 Å². The Morgan fingerprint density at radius 2 is 1.67 bits per heavy atom. The molecule has 0 N–H and O–H groups in total. The molecular weight excluding hydrogens is 450 g/mol. The average Bonchev–Trinajstić information content (AvgIpc) is 3.36. The first-order valence-electron chi connectivity index (χ1n) is 11.6. The van der Waals surface area contributed by atoms with Crippen LogP contribution in [0, 0.1) is 0 Å². The Balaban J connectivity index is 1.38. The molecule has 36 heavy (non-hydrogen) atoms. The summed E-state index contributed by atoms with van der Waals surface area (Å²) in [7, 11) is 0. The lowest BCUT2D eigenvalue weighted by atomic mass is 10.2. The van der Waals surface area contributed by atoms with E-state index in [0.717, 1.165) is 16.5 Å². The van der Waals surface area contributed by atoms with Crippen LogP contribution >= 0.6 is 0 Å². The number of furan rings is 1. The van der Waals surface area contributed by atoms with Crippen molar-refractivity contribution in [2.24, 2.45) is 5.10 Å². The molecule has 0 saturated heterocycles. The molecule has 6 heteroatoms. The van der Waals surface area contributed by atoms with Crippen molar-refractivity contribution in [1.82, 2.24) is 9.66 Å². The van der Waals surface area contributed by atoms with E-state index < -0.39 is 0 Å². The van der Waals surface area contributed by atoms with Gasteiger partial charge in [-0.1, -0.05) is 72.8 Å². The molecule has 0 spiro atoms. The largest absolute Gasteiger partial charge is 0.489 e. The van der Waals surface area contributed by atoms with E-state index in [1.165, 1.54) is 4.68 Å². The SMILES string of the molecule is O=c1c2ccccc2nc(-c2cc3ccccc3o2)n1N=Cc1cccc(OCc2ccccc2)c1. The monoisotopic (exact) mass is 471 g/mol. The minimum absolute atomic E-state index is 0.274. The van der Waals surface area contributed by atoms with Crippen molar-refractivity contribution >= 4 is 28.1 Å². The fourth-order valence-corrected chi connectivity index (χ4v) is 4.03. The van der Waals surface area contributed by atoms with Gasteiger partial charge in [0.2, 0.25) is 5.82 Å². The van der Waals surface area contributed by atoms with Gasteiger partial charge in [0.05, 0.1) is 17.1 Å². The fourth-order valence-electron chi connectivity index (χ4n) is 4.03. The van der Waals surface area contributed by atoms with Crippen molar-refractivity contribution < 1.29 is 9.15 Å². The summed E-state index contributed by atoms with van der Waals surface area (Å²) in [6, 6.07) is 34.3. The summed E-state index contributed by atoms with van der Waals surface area (Å²) in [5.74, 6) is 1.52. The Morgan fingerprint density at radius 3 is 2.56 bits per heavy atom. The average molecular weight is 472 g/mol. The summed E-state index contributed by atoms with van der Waals surface area (Å²) in [5, 5.41) is 5.94. The number of nitrogens with zero attached hydrogens (tertiary/aromatic N) is 3. The van der Waals surface area contributed by atoms with Gasteiger partial charge >= 0.3 is 0 Å². The van der Waals surface area contributed by atoms with Crippen molar-refractivity contribution in [3.05, 3.63) is 131 Å². The van der Waals surface area contributed by atoms with Gasteiger partial charge in [-0.2, -0.15) is 9.78 Å². The summed E-state index contributed by atoms with van der Waals surface area (Å²) >= 11 is 0. The zero-order valence-corrected chi connectivity index (χ0v) is 19.2. The van der Waals surface area contributed by atoms with E-state index in [1.54, 1.807) is 12.3 Å². The van der Waals surface area contributed by atoms with Crippen LogP contribution in [0.1, 0.15) is 11.1 Å². The third-order valence-corrected chi connectivity index (χ3v) is 5.83. The number of aromatic nitrogens is 2. The molecule has 6 rings (SSSR count). The highest BCUT2D eigenvalue weighted by atomic mass is 16.5. The molecule has 2 heterocycles. The molecule has 0 radical (unpaired) electrons. The first kappa shape index (κ1) is 21.6. The lowest BCUT2D eigenvalue weighted by Crippen LogP contribution is -2.20. The first-order valence-corrected chi connectivity index (χ1v) is 11.6. The molecule has 174 valence electrons. The summed E-state index contributed by atoms with van der Waals surface area (Å²) in [5.41, 5.74) is 2.90. The van der Waals surface area contributed by atoms with Gasteiger partial charge in [-0.05, 0) is 47.5 Å². The van der Waals surface area contributed by atoms with Crippen LogP contribution in [0.4, 0.5) is 0 Å². The van der Waals surface area contributed by atoms with Crippen LogP contribution < -0.4 is 10.3 Å². The van der Waals surface area contributed by atoms with Gasteiger partial charge in [-0.3, -0.25) is 4.79 Å². The molecule has 6 nitrogen and oxygen atoms in total. The van der Waals surface area contributed by atoms with E-state index >= 15 is 0 Å². The summed E-state index contributed by atoms with van der Waals surface area (Å²) in [6.45, 7) is 0.464. The minimum atomic E-state index is -0.274. The van der Waals surface area contributed by atoms with Gasteiger partial charge in [0, 0.05) is 5.39 Å². The highest BCUT2D eigenvalue weighted by molar-refractivity contribution is 5.84. The predicted molar refractivity (Wildman–Crippen MR) is 141 cm³/mol. The summed E-state index contributed by atoms with van der Waals surface area (Å²) in [4.78, 5) is 18.2. The maximum absolute atomic E-state index is 13.4. The number of hydrogen-bond donors (Lipinski definition) is 0. The highest BCUT2D eigenvalue weighted by Crippen LogP contribution is 2.27. The maximum atomic E-state index is 13.4. The van der Waals surface area contributed by atoms with Crippen LogP contribution in [0.3, 0.4) is 0 Å². The molecule has 0 fully saturated rings. The Bertz CT molecular complexity index is 1730. The van der Waals surface area contributed by atoms with E-state index in [1.807, 2.05) is 103 Å². The molecule has 2 aromatic heterocycles. The molecule has 0 aliphatic rings. The zero-order valence-electron chi connectivity index (χ0n) is 19.2. The predicted octanol–water partition coefficient (Wildman–Crippen LogP) is 6.27. The molecular formula is C30H21N3O3. The van der Waals surface area contributed by atoms with Crippen LogP contribution in [0.25, 0.3) is 33.5 Å². The van der Waals surface area contributed by atoms with E-state index in [4.69, 9.17) is 14.1 Å². The van der Waals surface area contributed by atoms with Gasteiger partial charge < -0.3 is 9.15 Å². The van der Waals surface area contributed by atoms with Crippen molar-refractivity contribution in [3.63, 3.8) is 0 Å². The van der Waals surface area contributed by atoms with Gasteiger partial charge in [-0.25, -0.2) is 4.98 Å². The van der Waals surface area contributed by atoms with E-state index in [2.05, 4.69) is 5.10 Å². The van der Waals surface area contributed by atoms with Crippen LogP contribution in [-0.4, -0.2) is 15.9 Å². The number of benzene rings is 4. The number of hydrogen-bond acceptors (Lipinski definition) is 5. The third-order valence-electron chi connectivity index (χ3n) is 5.83. The van der Waals surface area contributed by atoms with Gasteiger partial charge in [0.25, 0.3) is 5.56 Å². The normalized spacial score (nSPS) is 11.4. The number of fused-ring (bicyclic) bond motifs is 2. The van der Waals surface area contributed by atoms with Crippen LogP contribution in [0.5, 0.6) is 5.75 Å². The van der Waals surface area contributed by atoms with E-state index in [-0.39, 0.29) is 5.56 Å². The summed E-state index contributed by atoms with van der Waals surface area (Å²) in [6.07, 6.45) is 1.62. The molecule has 4 aromatic carbocycles. The molecule has 0 aliphatic carbocycles. The first-order chi connectivity index (χ1) is 17.7. The van der Waals surface area contributed by atoms with Crippen molar-refractivity contribution in [1.29, 1.82) is 0 Å². The molecule has 0 saturated carbocycles. The standard InChI is InChI=1S/C30H21N3O3/c34-30-25-14-5-6-15-26(25)32-29(28-18-23-12-4-7-16-27(23)36-28)33(30)31-19-22-11-8-13-24(17-22)35-20-21-9-2-1-3-10-21/h1-19H,20H2. The second-order valence-corrected chi connectivity index (χ2v) is 8.31. The van der Waals surface area contributed by atoms with Crippen molar-refractivity contribution in [3.8, 4) is 17.3 Å². The molecule has 0 atom stereocenters. The fraction of sp³-hybridized carbons (Fsp3) is 0.0333. The molecule has 0 bridgehead atoms. The smallest absolute Gasteiger partial charge is 0.282 e. The van der Waals surface area contributed by atoms with Crippen LogP contribution in [-0.2, 0) is 6.61 Å². The number of para-hydroxylation sites is 2. The summed E-state index contributed by atoms with van der Waals surface area (Å²) < 4.78 is 13.3. The second-order valence-electron chi connectivity index (χ2n) is 8.31. The van der Waals surface area contributed by atoms with Gasteiger partial charge in [0.15, 0.2) is 5.76 Å². The zero-order chi connectivity index (χ0) is 24.3. The molecule has 0 unspecified atom stereocenters. The van der Waals surface area contributed by atoms with Crippen molar-refractivity contribution in [2.75, 3.05) is 0 Å². The Morgan fingerprint density at radius 1 is 0.861 bits per heavy atom. The van der Waals surface area contributed by atoms with E-state index in [9.17, 15) is 4.79 Å². The second kappa shape index (κ2) is 9.35.